The number of carbonyl (C=O) groups is 1. The smallest absolute Gasteiger partial charge is 0.546 e. The van der Waals surface area contributed by atoms with Crippen molar-refractivity contribution in [1.29, 1.82) is 0 Å². The van der Waals surface area contributed by atoms with Gasteiger partial charge in [0.25, 0.3) is 0 Å². The molecule has 0 aromatic heterocycles. The summed E-state index contributed by atoms with van der Waals surface area (Å²) in [4.78, 5) is 10.4. The Kier molecular flexibility index (Phi) is 7.45. The van der Waals surface area contributed by atoms with Crippen molar-refractivity contribution in [2.24, 2.45) is 0 Å². The fourth-order valence-corrected chi connectivity index (χ4v) is 1.26. The number of hydrogen-bond donors (Lipinski definition) is 0. The van der Waals surface area contributed by atoms with Crippen LogP contribution in [0, 0.1) is 0 Å². The molecule has 0 radical (unpaired) electrons. The summed E-state index contributed by atoms with van der Waals surface area (Å²) in [5.74, 6) is -1.02. The summed E-state index contributed by atoms with van der Waals surface area (Å²) in [6.45, 7) is 1.36. The molecule has 0 amide bonds. The van der Waals surface area contributed by atoms with Gasteiger partial charge in [-0.2, -0.15) is 0 Å². The quantitative estimate of drug-likeness (QED) is 0.631. The van der Waals surface area contributed by atoms with Crippen LogP contribution in [0.1, 0.15) is 6.92 Å². The average molecular weight is 273 g/mol. The standard InChI is InChI=1S/C9H8Cl2O3.K/c1-5(9(12)13)14-8-3-2-6(10)4-7(8)11;/h2-5H,1H3,(H,12,13);/q;+1/p-1. The molecule has 0 heterocycles. The first-order chi connectivity index (χ1) is 6.50. The van der Waals surface area contributed by atoms with Crippen LogP contribution in [0.15, 0.2) is 18.2 Å². The van der Waals surface area contributed by atoms with Crippen LogP contribution in [0.5, 0.6) is 5.75 Å². The number of hydrogen-bond acceptors (Lipinski definition) is 3. The summed E-state index contributed by atoms with van der Waals surface area (Å²) >= 11 is 11.4. The second kappa shape index (κ2) is 7.11. The number of aliphatic carboxylic acids is 1. The van der Waals surface area contributed by atoms with Crippen molar-refractivity contribution >= 4 is 29.2 Å². The maximum absolute atomic E-state index is 10.4. The molecule has 0 saturated carbocycles. The molecule has 3 nitrogen and oxygen atoms in total. The molecule has 1 rings (SSSR count). The topological polar surface area (TPSA) is 49.4 Å². The summed E-state index contributed by atoms with van der Waals surface area (Å²) < 4.78 is 5.01. The van der Waals surface area contributed by atoms with E-state index in [9.17, 15) is 9.90 Å². The van der Waals surface area contributed by atoms with E-state index in [1.165, 1.54) is 19.1 Å². The van der Waals surface area contributed by atoms with Gasteiger partial charge in [-0.3, -0.25) is 0 Å². The van der Waals surface area contributed by atoms with E-state index in [0.29, 0.717) is 5.02 Å². The van der Waals surface area contributed by atoms with Crippen molar-refractivity contribution in [1.82, 2.24) is 0 Å². The van der Waals surface area contributed by atoms with Crippen LogP contribution in [0.25, 0.3) is 0 Å². The zero-order chi connectivity index (χ0) is 10.7. The Bertz CT molecular complexity index is 357. The summed E-state index contributed by atoms with van der Waals surface area (Å²) in [5.41, 5.74) is 0. The van der Waals surface area contributed by atoms with E-state index in [1.807, 2.05) is 0 Å². The summed E-state index contributed by atoms with van der Waals surface area (Å²) in [5, 5.41) is 11.1. The molecule has 0 aliphatic heterocycles. The van der Waals surface area contributed by atoms with Gasteiger partial charge in [0.1, 0.15) is 11.9 Å². The normalized spacial score (nSPS) is 11.4. The maximum atomic E-state index is 10.4. The zero-order valence-electron chi connectivity index (χ0n) is 8.29. The van der Waals surface area contributed by atoms with Crippen LogP contribution in [-0.2, 0) is 4.79 Å². The number of halogens is 2. The molecule has 76 valence electrons. The fraction of sp³-hybridized carbons (Fsp3) is 0.222. The molecule has 0 aliphatic carbocycles. The van der Waals surface area contributed by atoms with Crippen molar-refractivity contribution in [2.75, 3.05) is 0 Å². The minimum absolute atomic E-state index is 0. The van der Waals surface area contributed by atoms with E-state index in [1.54, 1.807) is 6.07 Å². The third-order valence-corrected chi connectivity index (χ3v) is 2.06. The predicted octanol–water partition coefficient (Wildman–Crippen LogP) is -1.49. The number of ether oxygens (including phenoxy) is 1. The second-order valence-corrected chi connectivity index (χ2v) is 3.50. The van der Waals surface area contributed by atoms with E-state index in [-0.39, 0.29) is 62.2 Å². The molecule has 1 aromatic carbocycles. The number of benzene rings is 1. The third kappa shape index (κ3) is 5.04. The summed E-state index contributed by atoms with van der Waals surface area (Å²) in [6, 6.07) is 4.54. The molecule has 0 spiro atoms. The molecular weight excluding hydrogens is 266 g/mol. The number of carboxylic acids is 1. The van der Waals surface area contributed by atoms with Crippen molar-refractivity contribution in [3.8, 4) is 5.75 Å². The fourth-order valence-electron chi connectivity index (χ4n) is 0.809. The van der Waals surface area contributed by atoms with Crippen LogP contribution >= 0.6 is 23.2 Å². The number of carbonyl (C=O) groups excluding carboxylic acids is 1. The van der Waals surface area contributed by atoms with Gasteiger partial charge in [-0.15, -0.1) is 0 Å². The molecule has 0 bridgehead atoms. The van der Waals surface area contributed by atoms with Crippen LogP contribution in [0.2, 0.25) is 10.0 Å². The minimum atomic E-state index is -1.30. The molecule has 15 heavy (non-hydrogen) atoms. The Labute approximate surface area is 140 Å². The van der Waals surface area contributed by atoms with Gasteiger partial charge in [0.2, 0.25) is 0 Å². The van der Waals surface area contributed by atoms with Crippen molar-refractivity contribution in [3.05, 3.63) is 28.2 Å². The van der Waals surface area contributed by atoms with E-state index in [0.717, 1.165) is 0 Å². The number of rotatable bonds is 3. The Hall–Kier alpha value is 0.706. The Morgan fingerprint density at radius 3 is 2.53 bits per heavy atom. The van der Waals surface area contributed by atoms with Gasteiger partial charge in [-0.25, -0.2) is 0 Å². The van der Waals surface area contributed by atoms with Crippen molar-refractivity contribution < 1.29 is 66.0 Å². The van der Waals surface area contributed by atoms with E-state index in [4.69, 9.17) is 27.9 Å². The van der Waals surface area contributed by atoms with E-state index >= 15 is 0 Å². The van der Waals surface area contributed by atoms with Gasteiger partial charge in [0.15, 0.2) is 0 Å². The molecule has 0 N–H and O–H groups in total. The average Bonchev–Trinajstić information content (AvgIpc) is 2.09. The second-order valence-electron chi connectivity index (χ2n) is 2.65. The first kappa shape index (κ1) is 15.7. The van der Waals surface area contributed by atoms with Gasteiger partial charge in [0, 0.05) is 5.02 Å². The van der Waals surface area contributed by atoms with Crippen LogP contribution < -0.4 is 61.2 Å². The number of carboxylic acid groups (broad SMARTS) is 1. The Balaban J connectivity index is 0.00000196. The molecule has 0 saturated heterocycles. The molecular formula is C9H7Cl2KO3. The molecule has 1 unspecified atom stereocenters. The molecule has 1 atom stereocenters. The van der Waals surface area contributed by atoms with Crippen LogP contribution in [0.3, 0.4) is 0 Å². The first-order valence-electron chi connectivity index (χ1n) is 3.83. The van der Waals surface area contributed by atoms with Crippen molar-refractivity contribution in [3.63, 3.8) is 0 Å². The summed E-state index contributed by atoms with van der Waals surface area (Å²) in [6.07, 6.45) is -1.05. The van der Waals surface area contributed by atoms with Gasteiger partial charge >= 0.3 is 51.4 Å². The van der Waals surface area contributed by atoms with Crippen LogP contribution in [0.4, 0.5) is 0 Å². The molecule has 6 heteroatoms. The third-order valence-electron chi connectivity index (χ3n) is 1.53. The Morgan fingerprint density at radius 2 is 2.07 bits per heavy atom. The van der Waals surface area contributed by atoms with Crippen LogP contribution in [-0.4, -0.2) is 12.1 Å². The SMILES string of the molecule is CC(Oc1ccc(Cl)cc1Cl)C(=O)[O-].[K+]. The zero-order valence-corrected chi connectivity index (χ0v) is 12.9. The first-order valence-corrected chi connectivity index (χ1v) is 4.59. The molecule has 0 fully saturated rings. The molecule has 1 aromatic rings. The predicted molar refractivity (Wildman–Crippen MR) is 51.6 cm³/mol. The van der Waals surface area contributed by atoms with E-state index in [2.05, 4.69) is 0 Å². The van der Waals surface area contributed by atoms with Gasteiger partial charge in [-0.1, -0.05) is 23.2 Å². The molecule has 0 aliphatic rings. The Morgan fingerprint density at radius 1 is 1.47 bits per heavy atom. The minimum Gasteiger partial charge on any atom is -0.546 e. The van der Waals surface area contributed by atoms with Gasteiger partial charge < -0.3 is 14.6 Å². The maximum Gasteiger partial charge on any atom is 1.00 e. The monoisotopic (exact) mass is 272 g/mol. The van der Waals surface area contributed by atoms with Gasteiger partial charge in [0.05, 0.1) is 11.0 Å². The van der Waals surface area contributed by atoms with Crippen molar-refractivity contribution in [2.45, 2.75) is 13.0 Å². The van der Waals surface area contributed by atoms with Gasteiger partial charge in [-0.05, 0) is 25.1 Å². The summed E-state index contributed by atoms with van der Waals surface area (Å²) in [7, 11) is 0. The van der Waals surface area contributed by atoms with E-state index < -0.39 is 12.1 Å². The largest absolute Gasteiger partial charge is 1.00 e.